The van der Waals surface area contributed by atoms with Crippen molar-refractivity contribution in [1.29, 1.82) is 0 Å². The van der Waals surface area contributed by atoms with E-state index in [2.05, 4.69) is 8.37 Å². The van der Waals surface area contributed by atoms with Gasteiger partial charge in [0.05, 0.1) is 0 Å². The predicted molar refractivity (Wildman–Crippen MR) is 72.4 cm³/mol. The van der Waals surface area contributed by atoms with Crippen LogP contribution in [0, 0.1) is 0 Å². The molecule has 0 aromatic carbocycles. The summed E-state index contributed by atoms with van der Waals surface area (Å²) in [6.07, 6.45) is 2.11. The van der Waals surface area contributed by atoms with E-state index in [1.54, 1.807) is 9.44 Å². The third kappa shape index (κ3) is 7.66. The fourth-order valence-electron chi connectivity index (χ4n) is 1.11. The summed E-state index contributed by atoms with van der Waals surface area (Å²) >= 11 is 0. The minimum atomic E-state index is -3.85. The summed E-state index contributed by atoms with van der Waals surface area (Å²) in [4.78, 5) is 20.9. The van der Waals surface area contributed by atoms with Gasteiger partial charge >= 0.3 is 58.3 Å². The van der Waals surface area contributed by atoms with Crippen LogP contribution in [0.5, 0.6) is 0 Å². The summed E-state index contributed by atoms with van der Waals surface area (Å²) in [5, 5.41) is 0. The standard InChI is InChI=1S/2C4H5NO4S.Ca.2H/c2*1-3-2-4(6)5-10(7,8)9-3;;;/h2*2H,1H3,(H,5,6);;;. The van der Waals surface area contributed by atoms with Crippen molar-refractivity contribution >= 4 is 70.2 Å². The molecule has 0 spiro atoms. The van der Waals surface area contributed by atoms with Gasteiger partial charge in [-0.15, -0.1) is 0 Å². The van der Waals surface area contributed by atoms with Gasteiger partial charge in [0, 0.05) is 12.2 Å². The molecule has 0 aromatic rings. The Hall–Kier alpha value is -0.820. The number of carbonyl (C=O) groups excluding carboxylic acids is 2. The van der Waals surface area contributed by atoms with Crippen LogP contribution in [0.2, 0.25) is 0 Å². The first kappa shape index (κ1) is 20.2. The maximum absolute atomic E-state index is 10.5. The number of nitrogens with one attached hydrogen (secondary N) is 2. The van der Waals surface area contributed by atoms with Crippen LogP contribution in [-0.2, 0) is 38.6 Å². The van der Waals surface area contributed by atoms with E-state index in [0.29, 0.717) is 0 Å². The van der Waals surface area contributed by atoms with E-state index in [1.807, 2.05) is 0 Å². The zero-order chi connectivity index (χ0) is 15.6. The molecule has 0 saturated heterocycles. The summed E-state index contributed by atoms with van der Waals surface area (Å²) in [5.41, 5.74) is 0. The molecule has 0 aliphatic carbocycles. The van der Waals surface area contributed by atoms with E-state index < -0.39 is 32.4 Å². The minimum absolute atomic E-state index is 0. The Labute approximate surface area is 151 Å². The summed E-state index contributed by atoms with van der Waals surface area (Å²) in [7, 11) is -7.70. The summed E-state index contributed by atoms with van der Waals surface area (Å²) in [5.74, 6) is -1.21. The van der Waals surface area contributed by atoms with Crippen LogP contribution >= 0.6 is 0 Å². The summed E-state index contributed by atoms with van der Waals surface area (Å²) in [6.45, 7) is 2.77. The third-order valence-electron chi connectivity index (χ3n) is 1.60. The van der Waals surface area contributed by atoms with E-state index in [0.717, 1.165) is 12.2 Å². The van der Waals surface area contributed by atoms with Crippen molar-refractivity contribution in [2.24, 2.45) is 0 Å². The van der Waals surface area contributed by atoms with Crippen LogP contribution in [0.3, 0.4) is 0 Å². The van der Waals surface area contributed by atoms with E-state index in [4.69, 9.17) is 0 Å². The van der Waals surface area contributed by atoms with Crippen molar-refractivity contribution in [3.63, 3.8) is 0 Å². The van der Waals surface area contributed by atoms with Gasteiger partial charge in [-0.25, -0.2) is 9.44 Å². The quantitative estimate of drug-likeness (QED) is 0.452. The number of rotatable bonds is 0. The van der Waals surface area contributed by atoms with Gasteiger partial charge in [-0.1, -0.05) is 0 Å². The van der Waals surface area contributed by atoms with Crippen LogP contribution in [-0.4, -0.2) is 66.4 Å². The second-order valence-corrected chi connectivity index (χ2v) is 6.08. The van der Waals surface area contributed by atoms with Crippen LogP contribution < -0.4 is 9.44 Å². The first-order valence-corrected chi connectivity index (χ1v) is 7.70. The Kier molecular flexibility index (Phi) is 7.15. The van der Waals surface area contributed by atoms with Crippen molar-refractivity contribution in [2.45, 2.75) is 13.8 Å². The molecule has 2 N–H and O–H groups in total. The number of allylic oxidation sites excluding steroid dienone is 2. The van der Waals surface area contributed by atoms with Gasteiger partial charge in [0.2, 0.25) is 0 Å². The van der Waals surface area contributed by atoms with Crippen LogP contribution in [0.15, 0.2) is 23.7 Å². The first-order valence-electron chi connectivity index (χ1n) is 4.88. The molecule has 2 aliphatic rings. The van der Waals surface area contributed by atoms with Crippen molar-refractivity contribution < 1.29 is 34.8 Å². The van der Waals surface area contributed by atoms with Crippen molar-refractivity contribution in [3.8, 4) is 0 Å². The molecule has 2 heterocycles. The Bertz CT molecular complexity index is 645. The van der Waals surface area contributed by atoms with E-state index in [-0.39, 0.29) is 49.3 Å². The van der Waals surface area contributed by atoms with Gasteiger partial charge in [0.1, 0.15) is 11.5 Å². The molecule has 2 amide bonds. The van der Waals surface area contributed by atoms with Gasteiger partial charge < -0.3 is 8.37 Å². The number of hydrogen-bond acceptors (Lipinski definition) is 8. The van der Waals surface area contributed by atoms with Crippen molar-refractivity contribution in [2.75, 3.05) is 0 Å². The maximum atomic E-state index is 10.5. The average molecular weight is 368 g/mol. The molecule has 13 heteroatoms. The molecular formula is C8H12CaN2O8S2. The molecule has 0 atom stereocenters. The molecule has 0 bridgehead atoms. The zero-order valence-corrected chi connectivity index (χ0v) is 11.9. The van der Waals surface area contributed by atoms with Gasteiger partial charge in [-0.05, 0) is 13.8 Å². The molecule has 0 fully saturated rings. The normalized spacial score (nSPS) is 21.4. The molecule has 10 nitrogen and oxygen atoms in total. The fraction of sp³-hybridized carbons (Fsp3) is 0.250. The van der Waals surface area contributed by atoms with Gasteiger partial charge in [0.25, 0.3) is 11.8 Å². The predicted octanol–water partition coefficient (Wildman–Crippen LogP) is -2.35. The average Bonchev–Trinajstić information content (AvgIpc) is 2.08. The fourth-order valence-corrected chi connectivity index (χ4v) is 2.59. The molecule has 2 rings (SSSR count). The van der Waals surface area contributed by atoms with Gasteiger partial charge in [-0.3, -0.25) is 9.59 Å². The van der Waals surface area contributed by atoms with E-state index in [9.17, 15) is 26.4 Å². The number of hydrogen-bond donors (Lipinski definition) is 2. The molecule has 116 valence electrons. The molecule has 2 aliphatic heterocycles. The second-order valence-electron chi connectivity index (χ2n) is 3.52. The van der Waals surface area contributed by atoms with Crippen LogP contribution in [0.4, 0.5) is 0 Å². The Balaban J connectivity index is 0.000000364. The molecule has 0 unspecified atom stereocenters. The molecule has 0 aromatic heterocycles. The van der Waals surface area contributed by atoms with Crippen LogP contribution in [0.25, 0.3) is 0 Å². The topological polar surface area (TPSA) is 145 Å². The number of carbonyl (C=O) groups is 2. The molecular weight excluding hydrogens is 356 g/mol. The van der Waals surface area contributed by atoms with Crippen LogP contribution in [0.1, 0.15) is 13.8 Å². The van der Waals surface area contributed by atoms with Gasteiger partial charge in [0.15, 0.2) is 0 Å². The molecule has 21 heavy (non-hydrogen) atoms. The summed E-state index contributed by atoms with van der Waals surface area (Å²) in [6, 6.07) is 0. The summed E-state index contributed by atoms with van der Waals surface area (Å²) < 4.78 is 53.6. The third-order valence-corrected chi connectivity index (χ3v) is 3.47. The molecule has 0 saturated carbocycles. The first-order chi connectivity index (χ1) is 8.99. The molecule has 0 radical (unpaired) electrons. The Morgan fingerprint density at radius 2 is 1.10 bits per heavy atom. The Morgan fingerprint density at radius 3 is 1.29 bits per heavy atom. The number of amides is 2. The van der Waals surface area contributed by atoms with Gasteiger partial charge in [-0.2, -0.15) is 16.8 Å². The van der Waals surface area contributed by atoms with Crippen molar-refractivity contribution in [3.05, 3.63) is 23.7 Å². The second kappa shape index (κ2) is 7.44. The van der Waals surface area contributed by atoms with Crippen molar-refractivity contribution in [1.82, 2.24) is 9.44 Å². The Morgan fingerprint density at radius 1 is 0.810 bits per heavy atom. The zero-order valence-electron chi connectivity index (χ0n) is 10.2. The van der Waals surface area contributed by atoms with E-state index in [1.165, 1.54) is 13.8 Å². The van der Waals surface area contributed by atoms with E-state index >= 15 is 0 Å². The monoisotopic (exact) mass is 368 g/mol. The SMILES string of the molecule is CC1=CC(=O)NS(=O)(=O)O1.CC1=CC(=O)NS(=O)(=O)O1.[CaH2].